The number of halogens is 1. The van der Waals surface area contributed by atoms with E-state index in [1.807, 2.05) is 10.8 Å². The molecule has 0 aliphatic rings. The minimum Gasteiger partial charge on any atom is -0.480 e. The molecule has 1 heterocycles. The number of imidazole rings is 1. The number of rotatable bonds is 7. The van der Waals surface area contributed by atoms with Crippen molar-refractivity contribution in [3.05, 3.63) is 54.4 Å². The summed E-state index contributed by atoms with van der Waals surface area (Å²) in [6.07, 6.45) is 6.05. The second-order valence-corrected chi connectivity index (χ2v) is 4.43. The number of hydrogen-bond donors (Lipinski definition) is 2. The highest BCUT2D eigenvalue weighted by molar-refractivity contribution is 5.75. The van der Waals surface area contributed by atoms with Crippen LogP contribution in [0.5, 0.6) is 0 Å². The molecular formula is C14H16FN3O2. The molecule has 1 aromatic carbocycles. The average Bonchev–Trinajstić information content (AvgIpc) is 2.93. The number of aromatic nitrogens is 2. The molecule has 1 unspecified atom stereocenters. The van der Waals surface area contributed by atoms with Gasteiger partial charge in [0, 0.05) is 18.9 Å². The maximum atomic E-state index is 12.8. The van der Waals surface area contributed by atoms with Crippen molar-refractivity contribution in [2.45, 2.75) is 19.0 Å². The van der Waals surface area contributed by atoms with Gasteiger partial charge < -0.3 is 15.0 Å². The normalized spacial score (nSPS) is 12.2. The number of carbonyl (C=O) groups is 1. The largest absolute Gasteiger partial charge is 0.480 e. The molecule has 0 saturated carbocycles. The van der Waals surface area contributed by atoms with Crippen molar-refractivity contribution < 1.29 is 14.3 Å². The minimum absolute atomic E-state index is 0.377. The van der Waals surface area contributed by atoms with Gasteiger partial charge in [-0.3, -0.25) is 4.79 Å². The molecule has 0 spiro atoms. The van der Waals surface area contributed by atoms with E-state index in [4.69, 9.17) is 0 Å². The summed E-state index contributed by atoms with van der Waals surface area (Å²) in [6.45, 7) is 1.31. The standard InChI is InChI=1S/C14H16FN3O2/c15-12-4-2-11(3-5-12)13(14(19)20)17-6-1-8-18-9-7-16-10-18/h2-5,7,9-10,13,17H,1,6,8H2,(H,19,20). The first kappa shape index (κ1) is 14.2. The molecule has 0 saturated heterocycles. The molecule has 106 valence electrons. The fourth-order valence-corrected chi connectivity index (χ4v) is 1.93. The zero-order valence-electron chi connectivity index (χ0n) is 10.9. The van der Waals surface area contributed by atoms with Crippen molar-refractivity contribution in [1.29, 1.82) is 0 Å². The third-order valence-electron chi connectivity index (χ3n) is 2.95. The van der Waals surface area contributed by atoms with E-state index in [1.165, 1.54) is 24.3 Å². The van der Waals surface area contributed by atoms with Crippen LogP contribution in [0.4, 0.5) is 4.39 Å². The molecule has 2 aromatic rings. The van der Waals surface area contributed by atoms with Crippen LogP contribution < -0.4 is 5.32 Å². The Morgan fingerprint density at radius 1 is 1.40 bits per heavy atom. The summed E-state index contributed by atoms with van der Waals surface area (Å²) in [5.41, 5.74) is 0.543. The van der Waals surface area contributed by atoms with Gasteiger partial charge in [0.05, 0.1) is 6.33 Å². The lowest BCUT2D eigenvalue weighted by Crippen LogP contribution is -2.29. The number of aliphatic carboxylic acids is 1. The Hall–Kier alpha value is -2.21. The van der Waals surface area contributed by atoms with Crippen molar-refractivity contribution >= 4 is 5.97 Å². The van der Waals surface area contributed by atoms with Gasteiger partial charge in [-0.05, 0) is 30.7 Å². The Labute approximate surface area is 116 Å². The fraction of sp³-hybridized carbons (Fsp3) is 0.286. The Kier molecular flexibility index (Phi) is 4.84. The van der Waals surface area contributed by atoms with Crippen molar-refractivity contribution in [3.63, 3.8) is 0 Å². The van der Waals surface area contributed by atoms with Crippen LogP contribution in [0.15, 0.2) is 43.0 Å². The molecular weight excluding hydrogens is 261 g/mol. The zero-order chi connectivity index (χ0) is 14.4. The Morgan fingerprint density at radius 3 is 2.75 bits per heavy atom. The Bertz CT molecular complexity index is 540. The number of benzene rings is 1. The van der Waals surface area contributed by atoms with Gasteiger partial charge in [-0.2, -0.15) is 0 Å². The van der Waals surface area contributed by atoms with Crippen LogP contribution in [0.2, 0.25) is 0 Å². The molecule has 0 amide bonds. The third-order valence-corrected chi connectivity index (χ3v) is 2.95. The average molecular weight is 277 g/mol. The van der Waals surface area contributed by atoms with Crippen molar-refractivity contribution in [1.82, 2.24) is 14.9 Å². The number of hydrogen-bond acceptors (Lipinski definition) is 3. The van der Waals surface area contributed by atoms with Gasteiger partial charge in [0.25, 0.3) is 0 Å². The Balaban J connectivity index is 1.86. The first-order valence-corrected chi connectivity index (χ1v) is 6.34. The van der Waals surface area contributed by atoms with Crippen LogP contribution in [0.3, 0.4) is 0 Å². The highest BCUT2D eigenvalue weighted by Gasteiger charge is 2.18. The van der Waals surface area contributed by atoms with Gasteiger partial charge in [0.1, 0.15) is 11.9 Å². The van der Waals surface area contributed by atoms with Gasteiger partial charge in [-0.25, -0.2) is 9.37 Å². The number of aryl methyl sites for hydroxylation is 1. The van der Waals surface area contributed by atoms with Crippen LogP contribution in [0.1, 0.15) is 18.0 Å². The van der Waals surface area contributed by atoms with E-state index >= 15 is 0 Å². The van der Waals surface area contributed by atoms with Gasteiger partial charge in [0.15, 0.2) is 0 Å². The molecule has 20 heavy (non-hydrogen) atoms. The number of nitrogens with one attached hydrogen (secondary N) is 1. The van der Waals surface area contributed by atoms with Gasteiger partial charge in [0.2, 0.25) is 0 Å². The van der Waals surface area contributed by atoms with E-state index in [0.717, 1.165) is 13.0 Å². The van der Waals surface area contributed by atoms with Crippen molar-refractivity contribution in [2.75, 3.05) is 6.54 Å². The first-order chi connectivity index (χ1) is 9.66. The molecule has 0 fully saturated rings. The number of carboxylic acid groups (broad SMARTS) is 1. The van der Waals surface area contributed by atoms with Crippen LogP contribution in [0, 0.1) is 5.82 Å². The van der Waals surface area contributed by atoms with Crippen molar-refractivity contribution in [2.24, 2.45) is 0 Å². The minimum atomic E-state index is -0.973. The summed E-state index contributed by atoms with van der Waals surface area (Å²) >= 11 is 0. The zero-order valence-corrected chi connectivity index (χ0v) is 10.9. The van der Waals surface area contributed by atoms with Gasteiger partial charge in [-0.1, -0.05) is 12.1 Å². The molecule has 1 atom stereocenters. The summed E-state index contributed by atoms with van der Waals surface area (Å²) in [4.78, 5) is 15.2. The lowest BCUT2D eigenvalue weighted by Gasteiger charge is -2.15. The molecule has 6 heteroatoms. The predicted molar refractivity (Wildman–Crippen MR) is 71.6 cm³/mol. The highest BCUT2D eigenvalue weighted by Crippen LogP contribution is 2.14. The third kappa shape index (κ3) is 3.89. The molecule has 1 aromatic heterocycles. The lowest BCUT2D eigenvalue weighted by molar-refractivity contribution is -0.139. The summed E-state index contributed by atoms with van der Waals surface area (Å²) in [6, 6.07) is 4.67. The predicted octanol–water partition coefficient (Wildman–Crippen LogP) is 1.83. The van der Waals surface area contributed by atoms with Gasteiger partial charge >= 0.3 is 5.97 Å². The molecule has 5 nitrogen and oxygen atoms in total. The van der Waals surface area contributed by atoms with E-state index < -0.39 is 12.0 Å². The second-order valence-electron chi connectivity index (χ2n) is 4.43. The summed E-state index contributed by atoms with van der Waals surface area (Å²) in [7, 11) is 0. The molecule has 2 N–H and O–H groups in total. The quantitative estimate of drug-likeness (QED) is 0.758. The maximum Gasteiger partial charge on any atom is 0.325 e. The summed E-state index contributed by atoms with van der Waals surface area (Å²) < 4.78 is 14.8. The van der Waals surface area contributed by atoms with Crippen molar-refractivity contribution in [3.8, 4) is 0 Å². The van der Waals surface area contributed by atoms with E-state index in [2.05, 4.69) is 10.3 Å². The van der Waals surface area contributed by atoms with Crippen LogP contribution in [-0.2, 0) is 11.3 Å². The van der Waals surface area contributed by atoms with Gasteiger partial charge in [-0.15, -0.1) is 0 Å². The molecule has 0 bridgehead atoms. The molecule has 0 aliphatic heterocycles. The van der Waals surface area contributed by atoms with E-state index in [-0.39, 0.29) is 5.82 Å². The second kappa shape index (κ2) is 6.81. The van der Waals surface area contributed by atoms with Crippen LogP contribution >= 0.6 is 0 Å². The Morgan fingerprint density at radius 2 is 2.15 bits per heavy atom. The first-order valence-electron chi connectivity index (χ1n) is 6.34. The number of nitrogens with zero attached hydrogens (tertiary/aromatic N) is 2. The molecule has 2 rings (SSSR count). The maximum absolute atomic E-state index is 12.8. The fourth-order valence-electron chi connectivity index (χ4n) is 1.93. The van der Waals surface area contributed by atoms with E-state index in [9.17, 15) is 14.3 Å². The highest BCUT2D eigenvalue weighted by atomic mass is 19.1. The number of carboxylic acids is 1. The smallest absolute Gasteiger partial charge is 0.325 e. The van der Waals surface area contributed by atoms with Crippen LogP contribution in [-0.4, -0.2) is 27.2 Å². The lowest BCUT2D eigenvalue weighted by atomic mass is 10.1. The topological polar surface area (TPSA) is 67.2 Å². The van der Waals surface area contributed by atoms with E-state index in [0.29, 0.717) is 12.1 Å². The SMILES string of the molecule is O=C(O)C(NCCCn1ccnc1)c1ccc(F)cc1. The van der Waals surface area contributed by atoms with E-state index in [1.54, 1.807) is 12.5 Å². The summed E-state index contributed by atoms with van der Waals surface area (Å²) in [5.74, 6) is -1.35. The molecule has 0 radical (unpaired) electrons. The molecule has 0 aliphatic carbocycles. The monoisotopic (exact) mass is 277 g/mol. The van der Waals surface area contributed by atoms with Crippen LogP contribution in [0.25, 0.3) is 0 Å². The summed E-state index contributed by atoms with van der Waals surface area (Å²) in [5, 5.41) is 12.2.